The number of hydrogen-bond acceptors (Lipinski definition) is 0. The number of benzene rings is 7. The van der Waals surface area contributed by atoms with Crippen LogP contribution in [0.25, 0.3) is 60.6 Å². The third-order valence-corrected chi connectivity index (χ3v) is 21.0. The van der Waals surface area contributed by atoms with Crippen LogP contribution >= 0.6 is 15.8 Å². The van der Waals surface area contributed by atoms with E-state index in [1.165, 1.54) is 119 Å². The van der Waals surface area contributed by atoms with Gasteiger partial charge in [-0.25, -0.2) is 0 Å². The van der Waals surface area contributed by atoms with E-state index in [2.05, 4.69) is 133 Å². The van der Waals surface area contributed by atoms with Gasteiger partial charge >= 0.3 is 0 Å². The maximum atomic E-state index is 2.56. The molecule has 2 saturated carbocycles. The van der Waals surface area contributed by atoms with Gasteiger partial charge in [0.2, 0.25) is 0 Å². The minimum absolute atomic E-state index is 0.174. The molecule has 0 spiro atoms. The van der Waals surface area contributed by atoms with Crippen molar-refractivity contribution in [1.82, 2.24) is 0 Å². The third kappa shape index (κ3) is 5.46. The lowest BCUT2D eigenvalue weighted by atomic mass is 9.83. The van der Waals surface area contributed by atoms with Gasteiger partial charge < -0.3 is 0 Å². The topological polar surface area (TPSA) is 0 Å². The molecule has 7 aromatic carbocycles. The van der Waals surface area contributed by atoms with Crippen molar-refractivity contribution in [3.05, 3.63) is 161 Å². The highest BCUT2D eigenvalue weighted by Gasteiger charge is 2.46. The van der Waals surface area contributed by atoms with Gasteiger partial charge in [0.1, 0.15) is 0 Å². The highest BCUT2D eigenvalue weighted by Crippen LogP contribution is 2.66. The van der Waals surface area contributed by atoms with Crippen molar-refractivity contribution < 1.29 is 0 Å². The van der Waals surface area contributed by atoms with E-state index in [0.29, 0.717) is 0 Å². The molecule has 7 aromatic rings. The first kappa shape index (κ1) is 34.0. The van der Waals surface area contributed by atoms with Gasteiger partial charge in [0.25, 0.3) is 0 Å². The molecule has 2 fully saturated rings. The highest BCUT2D eigenvalue weighted by molar-refractivity contribution is 7.57. The summed E-state index contributed by atoms with van der Waals surface area (Å²) in [6, 6.07) is 47.6. The average Bonchev–Trinajstić information content (AvgIpc) is 3.86. The van der Waals surface area contributed by atoms with E-state index >= 15 is 0 Å². The Morgan fingerprint density at radius 1 is 0.411 bits per heavy atom. The minimum atomic E-state index is -0.190. The van der Waals surface area contributed by atoms with Crippen LogP contribution in [0.5, 0.6) is 0 Å². The first-order valence-electron chi connectivity index (χ1n) is 21.6. The molecule has 3 aliphatic carbocycles. The second-order valence-corrected chi connectivity index (χ2v) is 22.7. The monoisotopic (exact) mass is 760 g/mol. The summed E-state index contributed by atoms with van der Waals surface area (Å²) in [5.41, 5.74) is 17.7. The molecule has 276 valence electrons. The largest absolute Gasteiger partial charge is 0.0942 e. The molecule has 0 radical (unpaired) electrons. The van der Waals surface area contributed by atoms with Crippen molar-refractivity contribution in [2.75, 3.05) is 0 Å². The van der Waals surface area contributed by atoms with Gasteiger partial charge in [-0.3, -0.25) is 0 Å². The second-order valence-electron chi connectivity index (χ2n) is 17.7. The molecule has 5 atom stereocenters. The fraction of sp³-hybridized carbons (Fsp3) is 0.296. The predicted octanol–water partition coefficient (Wildman–Crippen LogP) is 15.5. The zero-order valence-corrected chi connectivity index (χ0v) is 34.2. The van der Waals surface area contributed by atoms with Crippen molar-refractivity contribution in [1.29, 1.82) is 0 Å². The normalized spacial score (nSPS) is 24.3. The van der Waals surface area contributed by atoms with Crippen LogP contribution in [0.2, 0.25) is 0 Å². The van der Waals surface area contributed by atoms with Gasteiger partial charge in [0, 0.05) is 0 Å². The molecular formula is C54H50P2. The van der Waals surface area contributed by atoms with E-state index in [1.54, 1.807) is 38.9 Å². The molecule has 0 amide bonds. The Labute approximate surface area is 334 Å². The zero-order valence-electron chi connectivity index (χ0n) is 32.4. The smallest absolute Gasteiger partial charge is 0.00606 e. The molecule has 3 unspecified atom stereocenters. The molecule has 12 rings (SSSR count). The molecule has 0 aromatic heterocycles. The van der Waals surface area contributed by atoms with Gasteiger partial charge in [-0.05, 0) is 174 Å². The first-order chi connectivity index (χ1) is 27.8. The standard InChI is InChI=1S/C54H50P2/c1-5-15-43-35(11-1)23-27-39-31-55(32-40-28-24-36-12-2-6-16-44(36)52(40)51(39)43)49-21-9-19-47(49)48-20-10-22-50(48)56-33-41-29-25-37-13-3-7-17-45(37)53(41)54-42(34-56)30-26-38-14-4-8-18-46(38)54/h1-7,11-17,23-30,47-50H,8-10,18-22,31-34H2/t47?,48?,49-,50-,56?/m0/s1. The lowest BCUT2D eigenvalue weighted by Crippen LogP contribution is -2.28. The Bertz CT molecular complexity index is 2630. The number of hydrogen-bond donors (Lipinski definition) is 0. The van der Waals surface area contributed by atoms with Crippen molar-refractivity contribution >= 4 is 54.2 Å². The van der Waals surface area contributed by atoms with Crippen LogP contribution in [0.3, 0.4) is 0 Å². The van der Waals surface area contributed by atoms with Crippen molar-refractivity contribution in [3.63, 3.8) is 0 Å². The molecular weight excluding hydrogens is 711 g/mol. The summed E-state index contributed by atoms with van der Waals surface area (Å²) in [7, 11) is -0.364. The summed E-state index contributed by atoms with van der Waals surface area (Å²) in [6.07, 6.45) is 21.0. The van der Waals surface area contributed by atoms with Crippen LogP contribution < -0.4 is 0 Å². The fourth-order valence-corrected chi connectivity index (χ4v) is 19.4. The first-order valence-corrected chi connectivity index (χ1v) is 25.1. The van der Waals surface area contributed by atoms with Crippen LogP contribution in [-0.2, 0) is 31.1 Å². The summed E-state index contributed by atoms with van der Waals surface area (Å²) >= 11 is 0. The average molecular weight is 761 g/mol. The van der Waals surface area contributed by atoms with Gasteiger partial charge in [0.15, 0.2) is 0 Å². The molecule has 56 heavy (non-hydrogen) atoms. The van der Waals surface area contributed by atoms with E-state index in [1.807, 2.05) is 0 Å². The maximum Gasteiger partial charge on any atom is -0.00606 e. The van der Waals surface area contributed by atoms with E-state index < -0.39 is 0 Å². The van der Waals surface area contributed by atoms with Crippen LogP contribution in [0.15, 0.2) is 127 Å². The maximum absolute atomic E-state index is 2.56. The summed E-state index contributed by atoms with van der Waals surface area (Å²) in [6.45, 7) is 0. The van der Waals surface area contributed by atoms with E-state index in [0.717, 1.165) is 29.6 Å². The number of rotatable bonds is 3. The third-order valence-electron chi connectivity index (χ3n) is 14.9. The van der Waals surface area contributed by atoms with E-state index in [9.17, 15) is 0 Å². The summed E-state index contributed by atoms with van der Waals surface area (Å²) < 4.78 is 0. The summed E-state index contributed by atoms with van der Waals surface area (Å²) in [5.74, 6) is 1.77. The van der Waals surface area contributed by atoms with Gasteiger partial charge in [-0.1, -0.05) is 162 Å². The van der Waals surface area contributed by atoms with Crippen molar-refractivity contribution in [3.8, 4) is 22.3 Å². The Hall–Kier alpha value is -4.08. The van der Waals surface area contributed by atoms with Crippen LogP contribution in [0, 0.1) is 11.8 Å². The lowest BCUT2D eigenvalue weighted by molar-refractivity contribution is 0.355. The van der Waals surface area contributed by atoms with Crippen LogP contribution in [0.1, 0.15) is 78.3 Å². The van der Waals surface area contributed by atoms with Crippen LogP contribution in [-0.4, -0.2) is 11.3 Å². The molecule has 5 aliphatic rings. The molecule has 0 saturated heterocycles. The second kappa shape index (κ2) is 13.8. The predicted molar refractivity (Wildman–Crippen MR) is 245 cm³/mol. The Kier molecular flexibility index (Phi) is 8.37. The SMILES string of the molecule is C1=Cc2ccc3c(c2CC1)-c1c(ccc2ccccc12)CP([C@H]1CCCC1C1CCC[C@@H]1P1Cc2ccc4ccccc4c2-c2c(ccc4ccccc24)C1)C3. The number of allylic oxidation sites excluding steroid dienone is 1. The molecule has 2 aliphatic heterocycles. The minimum Gasteiger partial charge on any atom is -0.0942 e. The lowest BCUT2D eigenvalue weighted by Gasteiger charge is -2.38. The molecule has 0 bridgehead atoms. The molecule has 0 N–H and O–H groups in total. The Morgan fingerprint density at radius 2 is 0.839 bits per heavy atom. The van der Waals surface area contributed by atoms with E-state index in [4.69, 9.17) is 0 Å². The van der Waals surface area contributed by atoms with Crippen molar-refractivity contribution in [2.45, 2.75) is 87.3 Å². The van der Waals surface area contributed by atoms with Gasteiger partial charge in [0.05, 0.1) is 0 Å². The molecule has 2 heterocycles. The Morgan fingerprint density at radius 3 is 1.34 bits per heavy atom. The quantitative estimate of drug-likeness (QED) is 0.157. The zero-order chi connectivity index (χ0) is 36.7. The molecule has 2 heteroatoms. The van der Waals surface area contributed by atoms with E-state index in [-0.39, 0.29) is 15.8 Å². The van der Waals surface area contributed by atoms with Gasteiger partial charge in [-0.15, -0.1) is 0 Å². The Balaban J connectivity index is 0.931. The van der Waals surface area contributed by atoms with Gasteiger partial charge in [-0.2, -0.15) is 0 Å². The van der Waals surface area contributed by atoms with Crippen LogP contribution in [0.4, 0.5) is 0 Å². The summed E-state index contributed by atoms with van der Waals surface area (Å²) in [5, 5.41) is 8.52. The molecule has 0 nitrogen and oxygen atoms in total. The number of fused-ring (bicyclic) bond motifs is 14. The highest BCUT2D eigenvalue weighted by atomic mass is 31.1. The summed E-state index contributed by atoms with van der Waals surface area (Å²) in [4.78, 5) is 0. The fourth-order valence-electron chi connectivity index (χ4n) is 12.6. The van der Waals surface area contributed by atoms with Crippen molar-refractivity contribution in [2.24, 2.45) is 11.8 Å².